The molecule has 0 saturated heterocycles. The third kappa shape index (κ3) is 4.57. The van der Waals surface area contributed by atoms with Gasteiger partial charge in [0.1, 0.15) is 0 Å². The average molecular weight is 383 g/mol. The predicted octanol–water partition coefficient (Wildman–Crippen LogP) is 3.38. The summed E-state index contributed by atoms with van der Waals surface area (Å²) in [6.07, 6.45) is 1.07. The summed E-state index contributed by atoms with van der Waals surface area (Å²) in [5.41, 5.74) is 2.58. The number of benzene rings is 2. The number of carbonyl (C=O) groups is 1. The Balaban J connectivity index is 2.11. The molecule has 0 aliphatic carbocycles. The number of anilines is 2. The van der Waals surface area contributed by atoms with E-state index in [1.54, 1.807) is 30.3 Å². The quantitative estimate of drug-likeness (QED) is 0.850. The molecule has 0 radical (unpaired) electrons. The van der Waals surface area contributed by atoms with Crippen LogP contribution in [-0.4, -0.2) is 20.6 Å². The van der Waals surface area contributed by atoms with Crippen LogP contribution >= 0.6 is 15.9 Å². The molecule has 0 fully saturated rings. The molecule has 5 nitrogen and oxygen atoms in total. The summed E-state index contributed by atoms with van der Waals surface area (Å²) >= 11 is 3.40. The van der Waals surface area contributed by atoms with Gasteiger partial charge >= 0.3 is 0 Å². The van der Waals surface area contributed by atoms with Crippen LogP contribution in [0.4, 0.5) is 11.4 Å². The van der Waals surface area contributed by atoms with E-state index in [1.807, 2.05) is 19.1 Å². The number of aryl methyl sites for hydroxylation is 1. The van der Waals surface area contributed by atoms with Gasteiger partial charge in [0.25, 0.3) is 5.91 Å². The highest BCUT2D eigenvalue weighted by atomic mass is 79.9. The topological polar surface area (TPSA) is 75.3 Å². The highest BCUT2D eigenvalue weighted by molar-refractivity contribution is 9.10. The number of hydrogen-bond acceptors (Lipinski definition) is 3. The highest BCUT2D eigenvalue weighted by Gasteiger charge is 2.08. The molecule has 0 unspecified atom stereocenters. The minimum absolute atomic E-state index is 0.257. The summed E-state index contributed by atoms with van der Waals surface area (Å²) in [7, 11) is -3.32. The van der Waals surface area contributed by atoms with Gasteiger partial charge in [-0.2, -0.15) is 0 Å². The van der Waals surface area contributed by atoms with E-state index in [1.165, 1.54) is 0 Å². The molecule has 2 N–H and O–H groups in total. The van der Waals surface area contributed by atoms with E-state index in [9.17, 15) is 13.2 Å². The second-order valence-corrected chi connectivity index (χ2v) is 7.47. The van der Waals surface area contributed by atoms with Gasteiger partial charge in [0.2, 0.25) is 10.0 Å². The highest BCUT2D eigenvalue weighted by Crippen LogP contribution is 2.20. The number of nitrogens with one attached hydrogen (secondary N) is 2. The average Bonchev–Trinajstić information content (AvgIpc) is 2.42. The largest absolute Gasteiger partial charge is 0.322 e. The Morgan fingerprint density at radius 3 is 2.18 bits per heavy atom. The SMILES string of the molecule is Cc1cc(NC(=O)c2ccc(NS(C)(=O)=O)cc2)ccc1Br. The van der Waals surface area contributed by atoms with Crippen LogP contribution in [0.25, 0.3) is 0 Å². The van der Waals surface area contributed by atoms with Crippen LogP contribution in [0.5, 0.6) is 0 Å². The van der Waals surface area contributed by atoms with Crippen LogP contribution in [0.15, 0.2) is 46.9 Å². The van der Waals surface area contributed by atoms with E-state index < -0.39 is 10.0 Å². The number of halogens is 1. The molecular weight excluding hydrogens is 368 g/mol. The molecule has 0 spiro atoms. The van der Waals surface area contributed by atoms with Crippen LogP contribution in [-0.2, 0) is 10.0 Å². The van der Waals surface area contributed by atoms with Crippen molar-refractivity contribution in [2.45, 2.75) is 6.92 Å². The van der Waals surface area contributed by atoms with Gasteiger partial charge in [-0.3, -0.25) is 9.52 Å². The molecule has 0 bridgehead atoms. The second kappa shape index (κ2) is 6.50. The normalized spacial score (nSPS) is 11.0. The third-order valence-electron chi connectivity index (χ3n) is 2.87. The van der Waals surface area contributed by atoms with Gasteiger partial charge in [0.05, 0.1) is 6.26 Å². The monoisotopic (exact) mass is 382 g/mol. The Kier molecular flexibility index (Phi) is 4.87. The molecule has 0 atom stereocenters. The van der Waals surface area contributed by atoms with Crippen LogP contribution < -0.4 is 10.0 Å². The molecule has 0 heterocycles. The predicted molar refractivity (Wildman–Crippen MR) is 91.7 cm³/mol. The zero-order chi connectivity index (χ0) is 16.3. The van der Waals surface area contributed by atoms with E-state index in [2.05, 4.69) is 26.0 Å². The van der Waals surface area contributed by atoms with Crippen molar-refractivity contribution in [2.75, 3.05) is 16.3 Å². The van der Waals surface area contributed by atoms with Gasteiger partial charge in [0, 0.05) is 21.4 Å². The first-order valence-corrected chi connectivity index (χ1v) is 9.08. The first kappa shape index (κ1) is 16.5. The van der Waals surface area contributed by atoms with Crippen molar-refractivity contribution in [1.82, 2.24) is 0 Å². The van der Waals surface area contributed by atoms with E-state index >= 15 is 0 Å². The lowest BCUT2D eigenvalue weighted by atomic mass is 10.2. The van der Waals surface area contributed by atoms with Crippen LogP contribution in [0.1, 0.15) is 15.9 Å². The maximum atomic E-state index is 12.1. The Morgan fingerprint density at radius 1 is 1.05 bits per heavy atom. The lowest BCUT2D eigenvalue weighted by Gasteiger charge is -2.08. The molecule has 7 heteroatoms. The smallest absolute Gasteiger partial charge is 0.255 e. The Bertz CT molecular complexity index is 802. The molecule has 0 saturated carbocycles. The lowest BCUT2D eigenvalue weighted by Crippen LogP contribution is -2.13. The Morgan fingerprint density at radius 2 is 1.64 bits per heavy atom. The molecule has 22 heavy (non-hydrogen) atoms. The van der Waals surface area contributed by atoms with Crippen LogP contribution in [0.3, 0.4) is 0 Å². The zero-order valence-corrected chi connectivity index (χ0v) is 14.5. The molecule has 2 aromatic rings. The molecule has 0 aromatic heterocycles. The van der Waals surface area contributed by atoms with Crippen molar-refractivity contribution in [1.29, 1.82) is 0 Å². The lowest BCUT2D eigenvalue weighted by molar-refractivity contribution is 0.102. The van der Waals surface area contributed by atoms with Gasteiger partial charge in [-0.15, -0.1) is 0 Å². The number of amides is 1. The van der Waals surface area contributed by atoms with Gasteiger partial charge in [-0.25, -0.2) is 8.42 Å². The van der Waals surface area contributed by atoms with E-state index in [-0.39, 0.29) is 5.91 Å². The fraction of sp³-hybridized carbons (Fsp3) is 0.133. The molecule has 1 amide bonds. The zero-order valence-electron chi connectivity index (χ0n) is 12.1. The van der Waals surface area contributed by atoms with Crippen molar-refractivity contribution in [3.05, 3.63) is 58.1 Å². The Hall–Kier alpha value is -1.86. The number of rotatable bonds is 4. The summed E-state index contributed by atoms with van der Waals surface area (Å²) in [5.74, 6) is -0.257. The minimum Gasteiger partial charge on any atom is -0.322 e. The molecule has 0 aliphatic heterocycles. The Labute approximate surface area is 137 Å². The molecule has 116 valence electrons. The van der Waals surface area contributed by atoms with Crippen molar-refractivity contribution < 1.29 is 13.2 Å². The standard InChI is InChI=1S/C15H15BrN2O3S/c1-10-9-13(7-8-14(10)16)17-15(19)11-3-5-12(6-4-11)18-22(2,20)21/h3-9,18H,1-2H3,(H,17,19). The van der Waals surface area contributed by atoms with Gasteiger partial charge in [-0.1, -0.05) is 15.9 Å². The van der Waals surface area contributed by atoms with Crippen LogP contribution in [0, 0.1) is 6.92 Å². The maximum Gasteiger partial charge on any atom is 0.255 e. The first-order valence-electron chi connectivity index (χ1n) is 6.40. The van der Waals surface area contributed by atoms with E-state index in [0.29, 0.717) is 16.9 Å². The molecule has 2 aromatic carbocycles. The van der Waals surface area contributed by atoms with Crippen molar-refractivity contribution in [3.63, 3.8) is 0 Å². The van der Waals surface area contributed by atoms with Gasteiger partial charge in [0.15, 0.2) is 0 Å². The summed E-state index contributed by atoms with van der Waals surface area (Å²) in [4.78, 5) is 12.1. The second-order valence-electron chi connectivity index (χ2n) is 4.87. The summed E-state index contributed by atoms with van der Waals surface area (Å²) in [6.45, 7) is 1.94. The molecular formula is C15H15BrN2O3S. The minimum atomic E-state index is -3.32. The van der Waals surface area contributed by atoms with Gasteiger partial charge in [-0.05, 0) is 55.0 Å². The van der Waals surface area contributed by atoms with Crippen molar-refractivity contribution in [2.24, 2.45) is 0 Å². The summed E-state index contributed by atoms with van der Waals surface area (Å²) in [6, 6.07) is 11.7. The maximum absolute atomic E-state index is 12.1. The molecule has 0 aliphatic rings. The molecule has 2 rings (SSSR count). The van der Waals surface area contributed by atoms with E-state index in [4.69, 9.17) is 0 Å². The van der Waals surface area contributed by atoms with Crippen molar-refractivity contribution in [3.8, 4) is 0 Å². The number of carbonyl (C=O) groups excluding carboxylic acids is 1. The van der Waals surface area contributed by atoms with E-state index in [0.717, 1.165) is 16.3 Å². The summed E-state index contributed by atoms with van der Waals surface area (Å²) < 4.78 is 25.6. The fourth-order valence-corrected chi connectivity index (χ4v) is 2.64. The van der Waals surface area contributed by atoms with Crippen LogP contribution in [0.2, 0.25) is 0 Å². The van der Waals surface area contributed by atoms with Gasteiger partial charge < -0.3 is 5.32 Å². The fourth-order valence-electron chi connectivity index (χ4n) is 1.83. The number of sulfonamides is 1. The summed E-state index contributed by atoms with van der Waals surface area (Å²) in [5, 5.41) is 2.80. The van der Waals surface area contributed by atoms with Crippen molar-refractivity contribution >= 4 is 43.2 Å². The third-order valence-corrected chi connectivity index (χ3v) is 4.36. The first-order chi connectivity index (χ1) is 10.2. The number of hydrogen-bond donors (Lipinski definition) is 2.